The maximum absolute atomic E-state index is 12.1. The highest BCUT2D eigenvalue weighted by atomic mass is 16.6. The number of rotatable bonds is 2. The Morgan fingerprint density at radius 3 is 2.77 bits per heavy atom. The summed E-state index contributed by atoms with van der Waals surface area (Å²) in [7, 11) is 0. The number of para-hydroxylation sites is 1. The lowest BCUT2D eigenvalue weighted by Crippen LogP contribution is -2.40. The SMILES string of the molecule is CCOC(=O)N1C=CC(C2(O)CCCCC2)c2ccccc21. The van der Waals surface area contributed by atoms with Gasteiger partial charge in [-0.2, -0.15) is 0 Å². The quantitative estimate of drug-likeness (QED) is 0.899. The Morgan fingerprint density at radius 2 is 2.05 bits per heavy atom. The van der Waals surface area contributed by atoms with Gasteiger partial charge >= 0.3 is 6.09 Å². The van der Waals surface area contributed by atoms with Crippen molar-refractivity contribution in [2.24, 2.45) is 0 Å². The topological polar surface area (TPSA) is 49.8 Å². The van der Waals surface area contributed by atoms with Crippen molar-refractivity contribution >= 4 is 11.8 Å². The zero-order valence-electron chi connectivity index (χ0n) is 13.0. The van der Waals surface area contributed by atoms with Crippen LogP contribution in [0.2, 0.25) is 0 Å². The van der Waals surface area contributed by atoms with Crippen molar-refractivity contribution < 1.29 is 14.6 Å². The molecule has 4 heteroatoms. The van der Waals surface area contributed by atoms with Gasteiger partial charge in [0.05, 0.1) is 17.9 Å². The molecule has 1 N–H and O–H groups in total. The fraction of sp³-hybridized carbons (Fsp3) is 0.500. The Balaban J connectivity index is 1.96. The average Bonchev–Trinajstić information content (AvgIpc) is 2.54. The molecule has 1 unspecified atom stereocenters. The van der Waals surface area contributed by atoms with Crippen LogP contribution < -0.4 is 4.90 Å². The van der Waals surface area contributed by atoms with Gasteiger partial charge in [0.1, 0.15) is 0 Å². The Kier molecular flexibility index (Phi) is 4.21. The van der Waals surface area contributed by atoms with Crippen LogP contribution in [0, 0.1) is 0 Å². The van der Waals surface area contributed by atoms with E-state index in [1.807, 2.05) is 30.3 Å². The maximum Gasteiger partial charge on any atom is 0.418 e. The van der Waals surface area contributed by atoms with Gasteiger partial charge in [-0.1, -0.05) is 43.5 Å². The number of hydrogen-bond donors (Lipinski definition) is 1. The molecule has 4 nitrogen and oxygen atoms in total. The van der Waals surface area contributed by atoms with Gasteiger partial charge in [-0.15, -0.1) is 0 Å². The number of ether oxygens (including phenoxy) is 1. The van der Waals surface area contributed by atoms with Crippen LogP contribution in [0.15, 0.2) is 36.5 Å². The highest BCUT2D eigenvalue weighted by Gasteiger charge is 2.40. The van der Waals surface area contributed by atoms with Gasteiger partial charge in [-0.3, -0.25) is 4.90 Å². The molecule has 1 heterocycles. The molecule has 118 valence electrons. The highest BCUT2D eigenvalue weighted by molar-refractivity contribution is 5.91. The van der Waals surface area contributed by atoms with E-state index in [4.69, 9.17) is 4.74 Å². The first kappa shape index (κ1) is 15.1. The second-order valence-electron chi connectivity index (χ2n) is 6.11. The van der Waals surface area contributed by atoms with Gasteiger partial charge in [0.15, 0.2) is 0 Å². The average molecular weight is 301 g/mol. The number of benzene rings is 1. The largest absolute Gasteiger partial charge is 0.449 e. The lowest BCUT2D eigenvalue weighted by Gasteiger charge is -2.41. The molecule has 0 spiro atoms. The minimum atomic E-state index is -0.703. The van der Waals surface area contributed by atoms with E-state index in [1.165, 1.54) is 11.3 Å². The van der Waals surface area contributed by atoms with E-state index in [1.54, 1.807) is 13.1 Å². The van der Waals surface area contributed by atoms with Crippen molar-refractivity contribution in [2.45, 2.75) is 50.5 Å². The van der Waals surface area contributed by atoms with Crippen LogP contribution in [0.5, 0.6) is 0 Å². The minimum absolute atomic E-state index is 0.0605. The molecule has 1 aromatic rings. The molecule has 1 fully saturated rings. The number of carbonyl (C=O) groups excluding carboxylic acids is 1. The van der Waals surface area contributed by atoms with Crippen molar-refractivity contribution in [3.8, 4) is 0 Å². The van der Waals surface area contributed by atoms with E-state index >= 15 is 0 Å². The van der Waals surface area contributed by atoms with E-state index < -0.39 is 5.60 Å². The van der Waals surface area contributed by atoms with Gasteiger partial charge in [0, 0.05) is 12.1 Å². The predicted octanol–water partition coefficient (Wildman–Crippen LogP) is 3.96. The van der Waals surface area contributed by atoms with Gasteiger partial charge < -0.3 is 9.84 Å². The summed E-state index contributed by atoms with van der Waals surface area (Å²) in [4.78, 5) is 13.6. The Labute approximate surface area is 131 Å². The van der Waals surface area contributed by atoms with Crippen LogP contribution in [-0.2, 0) is 4.74 Å². The third-order valence-electron chi connectivity index (χ3n) is 4.72. The van der Waals surface area contributed by atoms with Crippen LogP contribution in [0.1, 0.15) is 50.5 Å². The predicted molar refractivity (Wildman–Crippen MR) is 85.9 cm³/mol. The van der Waals surface area contributed by atoms with Crippen LogP contribution in [-0.4, -0.2) is 23.4 Å². The molecule has 1 saturated carbocycles. The normalized spacial score (nSPS) is 23.0. The summed E-state index contributed by atoms with van der Waals surface area (Å²) in [6.45, 7) is 2.14. The number of anilines is 1. The standard InChI is InChI=1S/C18H23NO3/c1-2-22-17(20)19-13-10-15(14-8-4-5-9-16(14)19)18(21)11-6-3-7-12-18/h4-5,8-10,13,15,21H,2-3,6-7,11-12H2,1H3. The van der Waals surface area contributed by atoms with Crippen LogP contribution in [0.3, 0.4) is 0 Å². The van der Waals surface area contributed by atoms with Crippen molar-refractivity contribution in [1.82, 2.24) is 0 Å². The number of hydrogen-bond acceptors (Lipinski definition) is 3. The highest BCUT2D eigenvalue weighted by Crippen LogP contribution is 2.45. The number of aliphatic hydroxyl groups is 1. The number of fused-ring (bicyclic) bond motifs is 1. The third-order valence-corrected chi connectivity index (χ3v) is 4.72. The molecule has 1 aliphatic carbocycles. The third kappa shape index (κ3) is 2.63. The monoisotopic (exact) mass is 301 g/mol. The first-order valence-electron chi connectivity index (χ1n) is 8.11. The number of nitrogens with zero attached hydrogens (tertiary/aromatic N) is 1. The van der Waals surface area contributed by atoms with Crippen LogP contribution in [0.25, 0.3) is 0 Å². The lowest BCUT2D eigenvalue weighted by molar-refractivity contribution is -0.00940. The molecule has 0 saturated heterocycles. The molecule has 1 aromatic carbocycles. The molecule has 1 atom stereocenters. The molecule has 0 radical (unpaired) electrons. The molecule has 0 aromatic heterocycles. The molecular weight excluding hydrogens is 278 g/mol. The summed E-state index contributed by atoms with van der Waals surface area (Å²) in [5, 5.41) is 11.1. The summed E-state index contributed by atoms with van der Waals surface area (Å²) in [6, 6.07) is 7.78. The lowest BCUT2D eigenvalue weighted by atomic mass is 9.71. The van der Waals surface area contributed by atoms with Crippen molar-refractivity contribution in [3.05, 3.63) is 42.1 Å². The Bertz CT molecular complexity index is 575. The second-order valence-corrected chi connectivity index (χ2v) is 6.11. The smallest absolute Gasteiger partial charge is 0.418 e. The van der Waals surface area contributed by atoms with E-state index in [2.05, 4.69) is 0 Å². The first-order chi connectivity index (χ1) is 10.7. The van der Waals surface area contributed by atoms with E-state index in [0.29, 0.717) is 6.61 Å². The van der Waals surface area contributed by atoms with Gasteiger partial charge in [-0.25, -0.2) is 4.79 Å². The van der Waals surface area contributed by atoms with Gasteiger partial charge in [-0.05, 0) is 31.4 Å². The fourth-order valence-corrected chi connectivity index (χ4v) is 3.62. The van der Waals surface area contributed by atoms with E-state index in [9.17, 15) is 9.90 Å². The van der Waals surface area contributed by atoms with Crippen molar-refractivity contribution in [3.63, 3.8) is 0 Å². The summed E-state index contributed by atoms with van der Waals surface area (Å²) >= 11 is 0. The molecular formula is C18H23NO3. The van der Waals surface area contributed by atoms with Crippen molar-refractivity contribution in [2.75, 3.05) is 11.5 Å². The summed E-state index contributed by atoms with van der Waals surface area (Å²) in [5.41, 5.74) is 1.11. The Morgan fingerprint density at radius 1 is 1.32 bits per heavy atom. The zero-order valence-corrected chi connectivity index (χ0v) is 13.0. The number of carbonyl (C=O) groups is 1. The first-order valence-corrected chi connectivity index (χ1v) is 8.11. The van der Waals surface area contributed by atoms with Crippen LogP contribution >= 0.6 is 0 Å². The summed E-state index contributed by atoms with van der Waals surface area (Å²) in [6.07, 6.45) is 8.26. The summed E-state index contributed by atoms with van der Waals surface area (Å²) < 4.78 is 5.12. The molecule has 2 aliphatic rings. The van der Waals surface area contributed by atoms with Gasteiger partial charge in [0.25, 0.3) is 0 Å². The van der Waals surface area contributed by atoms with E-state index in [0.717, 1.165) is 36.9 Å². The maximum atomic E-state index is 12.1. The zero-order chi connectivity index (χ0) is 15.6. The minimum Gasteiger partial charge on any atom is -0.449 e. The fourth-order valence-electron chi connectivity index (χ4n) is 3.62. The second kappa shape index (κ2) is 6.13. The van der Waals surface area contributed by atoms with Gasteiger partial charge in [0.2, 0.25) is 0 Å². The number of amides is 1. The molecule has 22 heavy (non-hydrogen) atoms. The van der Waals surface area contributed by atoms with Crippen LogP contribution in [0.4, 0.5) is 10.5 Å². The molecule has 1 amide bonds. The molecule has 1 aliphatic heterocycles. The van der Waals surface area contributed by atoms with Crippen molar-refractivity contribution in [1.29, 1.82) is 0 Å². The summed E-state index contributed by atoms with van der Waals surface area (Å²) in [5.74, 6) is -0.0605. The molecule has 3 rings (SSSR count). The van der Waals surface area contributed by atoms with E-state index in [-0.39, 0.29) is 12.0 Å². The Hall–Kier alpha value is -1.81. The molecule has 0 bridgehead atoms.